The highest BCUT2D eigenvalue weighted by molar-refractivity contribution is 5.90. The molecule has 0 saturated carbocycles. The van der Waals surface area contributed by atoms with Crippen LogP contribution in [0.1, 0.15) is 31.4 Å². The molecule has 0 spiro atoms. The van der Waals surface area contributed by atoms with Crippen LogP contribution in [0.5, 0.6) is 0 Å². The van der Waals surface area contributed by atoms with Gasteiger partial charge in [0.25, 0.3) is 0 Å². The molecule has 1 fully saturated rings. The van der Waals surface area contributed by atoms with Crippen molar-refractivity contribution in [1.82, 2.24) is 20.1 Å². The number of hydrogen-bond donors (Lipinski definition) is 1. The first-order valence-electron chi connectivity index (χ1n) is 7.96. The lowest BCUT2D eigenvalue weighted by Gasteiger charge is -2.24. The number of H-pyrrole nitrogens is 1. The third kappa shape index (κ3) is 2.29. The van der Waals surface area contributed by atoms with Crippen molar-refractivity contribution >= 4 is 11.0 Å². The van der Waals surface area contributed by atoms with Crippen molar-refractivity contribution in [3.05, 3.63) is 48.2 Å². The fraction of sp³-hybridized carbons (Fsp3) is 0.333. The zero-order valence-electron chi connectivity index (χ0n) is 12.8. The maximum atomic E-state index is 4.30. The van der Waals surface area contributed by atoms with E-state index in [-0.39, 0.29) is 0 Å². The molecule has 4 heteroatoms. The Kier molecular flexibility index (Phi) is 3.39. The predicted octanol–water partition coefficient (Wildman–Crippen LogP) is 3.78. The topological polar surface area (TPSA) is 44.8 Å². The van der Waals surface area contributed by atoms with Gasteiger partial charge in [0.05, 0.1) is 5.69 Å². The van der Waals surface area contributed by atoms with Gasteiger partial charge in [-0.25, -0.2) is 4.98 Å². The highest BCUT2D eigenvalue weighted by Crippen LogP contribution is 2.30. The molecule has 1 unspecified atom stereocenters. The number of rotatable bonds is 3. The number of likely N-dealkylation sites (tertiary alicyclic amines) is 1. The van der Waals surface area contributed by atoms with Gasteiger partial charge in [-0.1, -0.05) is 18.2 Å². The molecule has 22 heavy (non-hydrogen) atoms. The summed E-state index contributed by atoms with van der Waals surface area (Å²) in [5.74, 6) is 0. The molecule has 1 atom stereocenters. The molecule has 1 aromatic carbocycles. The summed E-state index contributed by atoms with van der Waals surface area (Å²) in [5.41, 5.74) is 4.37. The van der Waals surface area contributed by atoms with E-state index in [2.05, 4.69) is 57.3 Å². The van der Waals surface area contributed by atoms with E-state index in [0.717, 1.165) is 16.7 Å². The quantitative estimate of drug-likeness (QED) is 0.799. The first-order valence-corrected chi connectivity index (χ1v) is 7.96. The predicted molar refractivity (Wildman–Crippen MR) is 88.5 cm³/mol. The van der Waals surface area contributed by atoms with Crippen molar-refractivity contribution < 1.29 is 0 Å². The van der Waals surface area contributed by atoms with Gasteiger partial charge >= 0.3 is 0 Å². The second kappa shape index (κ2) is 5.54. The number of nitrogens with one attached hydrogen (secondary N) is 1. The highest BCUT2D eigenvalue weighted by atomic mass is 15.2. The average molecular weight is 292 g/mol. The van der Waals surface area contributed by atoms with E-state index in [1.165, 1.54) is 37.1 Å². The third-order valence-corrected chi connectivity index (χ3v) is 4.68. The molecule has 1 saturated heterocycles. The van der Waals surface area contributed by atoms with Crippen LogP contribution in [0.4, 0.5) is 0 Å². The molecule has 2 aromatic heterocycles. The smallest absolute Gasteiger partial charge is 0.181 e. The highest BCUT2D eigenvalue weighted by Gasteiger charge is 2.20. The van der Waals surface area contributed by atoms with Gasteiger partial charge in [-0.3, -0.25) is 10.00 Å². The number of hydrogen-bond acceptors (Lipinski definition) is 3. The molecule has 0 bridgehead atoms. The zero-order valence-corrected chi connectivity index (χ0v) is 12.8. The van der Waals surface area contributed by atoms with Crippen molar-refractivity contribution in [1.29, 1.82) is 0 Å². The minimum absolute atomic E-state index is 0.467. The Hall–Kier alpha value is -2.20. The molecule has 0 radical (unpaired) electrons. The molecule has 1 aliphatic heterocycles. The Morgan fingerprint density at radius 1 is 1.14 bits per heavy atom. The molecule has 4 nitrogen and oxygen atoms in total. The Labute approximate surface area is 130 Å². The van der Waals surface area contributed by atoms with Crippen LogP contribution in [0.25, 0.3) is 22.3 Å². The van der Waals surface area contributed by atoms with E-state index < -0.39 is 0 Å². The molecule has 4 rings (SSSR count). The zero-order chi connectivity index (χ0) is 14.9. The van der Waals surface area contributed by atoms with Gasteiger partial charge in [0.1, 0.15) is 0 Å². The van der Waals surface area contributed by atoms with Gasteiger partial charge < -0.3 is 0 Å². The van der Waals surface area contributed by atoms with E-state index in [1.54, 1.807) is 6.20 Å². The molecule has 112 valence electrons. The first kappa shape index (κ1) is 13.5. The summed E-state index contributed by atoms with van der Waals surface area (Å²) in [5, 5.41) is 8.52. The van der Waals surface area contributed by atoms with E-state index in [1.807, 2.05) is 6.07 Å². The van der Waals surface area contributed by atoms with E-state index in [0.29, 0.717) is 6.04 Å². The Morgan fingerprint density at radius 3 is 2.86 bits per heavy atom. The normalized spacial score (nSPS) is 17.1. The first-order chi connectivity index (χ1) is 10.8. The fourth-order valence-electron chi connectivity index (χ4n) is 3.36. The molecule has 0 aliphatic carbocycles. The largest absolute Gasteiger partial charge is 0.297 e. The van der Waals surface area contributed by atoms with E-state index in [4.69, 9.17) is 0 Å². The number of aromatic amines is 1. The number of benzene rings is 1. The lowest BCUT2D eigenvalue weighted by Crippen LogP contribution is -2.23. The second-order valence-electron chi connectivity index (χ2n) is 6.02. The molecule has 0 amide bonds. The van der Waals surface area contributed by atoms with Crippen LogP contribution in [0, 0.1) is 0 Å². The molecular formula is C18H20N4. The molecule has 3 heterocycles. The minimum atomic E-state index is 0.467. The Balaban J connectivity index is 1.72. The summed E-state index contributed by atoms with van der Waals surface area (Å²) in [6, 6.07) is 13.3. The third-order valence-electron chi connectivity index (χ3n) is 4.68. The standard InChI is InChI=1S/C18H20N4/c1-13(22-10-2-3-11-22)14-6-4-7-15(12-14)17-16-8-5-9-19-18(16)21-20-17/h4-9,12-13H,2-3,10-11H2,1H3,(H,19,20,21). The van der Waals surface area contributed by atoms with Gasteiger partial charge in [0.15, 0.2) is 5.65 Å². The number of pyridine rings is 1. The van der Waals surface area contributed by atoms with Crippen LogP contribution in [0.2, 0.25) is 0 Å². The fourth-order valence-corrected chi connectivity index (χ4v) is 3.36. The van der Waals surface area contributed by atoms with E-state index in [9.17, 15) is 0 Å². The Morgan fingerprint density at radius 2 is 2.00 bits per heavy atom. The summed E-state index contributed by atoms with van der Waals surface area (Å²) < 4.78 is 0. The van der Waals surface area contributed by atoms with Gasteiger partial charge in [0, 0.05) is 23.2 Å². The molecule has 1 aliphatic rings. The van der Waals surface area contributed by atoms with Crippen LogP contribution in [-0.4, -0.2) is 33.2 Å². The summed E-state index contributed by atoms with van der Waals surface area (Å²) in [6.45, 7) is 4.72. The van der Waals surface area contributed by atoms with E-state index >= 15 is 0 Å². The van der Waals surface area contributed by atoms with Crippen molar-refractivity contribution in [2.75, 3.05) is 13.1 Å². The van der Waals surface area contributed by atoms with Crippen molar-refractivity contribution in [3.63, 3.8) is 0 Å². The van der Waals surface area contributed by atoms with Crippen LogP contribution in [-0.2, 0) is 0 Å². The van der Waals surface area contributed by atoms with Gasteiger partial charge in [-0.2, -0.15) is 5.10 Å². The van der Waals surface area contributed by atoms with Gasteiger partial charge in [0.2, 0.25) is 0 Å². The maximum absolute atomic E-state index is 4.30. The summed E-state index contributed by atoms with van der Waals surface area (Å²) in [4.78, 5) is 6.86. The number of aromatic nitrogens is 3. The lowest BCUT2D eigenvalue weighted by atomic mass is 10.0. The summed E-state index contributed by atoms with van der Waals surface area (Å²) >= 11 is 0. The maximum Gasteiger partial charge on any atom is 0.181 e. The Bertz CT molecular complexity index is 786. The lowest BCUT2D eigenvalue weighted by molar-refractivity contribution is 0.263. The van der Waals surface area contributed by atoms with Gasteiger partial charge in [-0.15, -0.1) is 0 Å². The van der Waals surface area contributed by atoms with Crippen LogP contribution in [0.3, 0.4) is 0 Å². The molecular weight excluding hydrogens is 272 g/mol. The summed E-state index contributed by atoms with van der Waals surface area (Å²) in [7, 11) is 0. The number of nitrogens with zero attached hydrogens (tertiary/aromatic N) is 3. The number of fused-ring (bicyclic) bond motifs is 1. The van der Waals surface area contributed by atoms with Crippen LogP contribution >= 0.6 is 0 Å². The average Bonchev–Trinajstić information content (AvgIpc) is 3.24. The van der Waals surface area contributed by atoms with Crippen LogP contribution < -0.4 is 0 Å². The van der Waals surface area contributed by atoms with Crippen LogP contribution in [0.15, 0.2) is 42.6 Å². The summed E-state index contributed by atoms with van der Waals surface area (Å²) in [6.07, 6.45) is 4.42. The monoisotopic (exact) mass is 292 g/mol. The SMILES string of the molecule is CC(c1cccc(-c2[nH]nc3ncccc23)c1)N1CCCC1. The van der Waals surface area contributed by atoms with Crippen molar-refractivity contribution in [3.8, 4) is 11.3 Å². The minimum Gasteiger partial charge on any atom is -0.297 e. The second-order valence-corrected chi connectivity index (χ2v) is 6.02. The van der Waals surface area contributed by atoms with Crippen molar-refractivity contribution in [2.24, 2.45) is 0 Å². The molecule has 1 N–H and O–H groups in total. The van der Waals surface area contributed by atoms with Gasteiger partial charge in [-0.05, 0) is 56.6 Å². The molecule has 3 aromatic rings. The van der Waals surface area contributed by atoms with Crippen molar-refractivity contribution in [2.45, 2.75) is 25.8 Å².